The second-order valence-electron chi connectivity index (χ2n) is 5.83. The Balaban J connectivity index is 2.40. The Morgan fingerprint density at radius 1 is 1.13 bits per heavy atom. The average Bonchev–Trinajstić information content (AvgIpc) is 2.50. The highest BCUT2D eigenvalue weighted by atomic mass is 32.2. The minimum atomic E-state index is -0.349. The number of benzene rings is 2. The Labute approximate surface area is 141 Å². The van der Waals surface area contributed by atoms with Crippen LogP contribution >= 0.6 is 11.8 Å². The topological polar surface area (TPSA) is 52.4 Å². The summed E-state index contributed by atoms with van der Waals surface area (Å²) in [6.45, 7) is 8.09. The number of aryl methyl sites for hydroxylation is 2. The number of nitro groups is 1. The van der Waals surface area contributed by atoms with E-state index in [0.29, 0.717) is 5.92 Å². The van der Waals surface area contributed by atoms with E-state index in [1.807, 2.05) is 26.0 Å². The molecule has 2 aromatic rings. The Morgan fingerprint density at radius 2 is 1.74 bits per heavy atom. The van der Waals surface area contributed by atoms with E-state index in [1.165, 1.54) is 0 Å². The quantitative estimate of drug-likeness (QED) is 0.536. The molecule has 2 rings (SSSR count). The zero-order chi connectivity index (χ0) is 17.1. The first-order valence-electron chi connectivity index (χ1n) is 7.45. The highest BCUT2D eigenvalue weighted by molar-refractivity contribution is 7.99. The molecule has 0 heterocycles. The van der Waals surface area contributed by atoms with Crippen molar-refractivity contribution in [3.05, 3.63) is 57.1 Å². The molecular formula is C18H21NO3S. The highest BCUT2D eigenvalue weighted by Crippen LogP contribution is 2.38. The van der Waals surface area contributed by atoms with Gasteiger partial charge in [-0.1, -0.05) is 25.6 Å². The monoisotopic (exact) mass is 331 g/mol. The van der Waals surface area contributed by atoms with Crippen molar-refractivity contribution in [2.24, 2.45) is 0 Å². The first kappa shape index (κ1) is 17.3. The normalized spacial score (nSPS) is 10.9. The van der Waals surface area contributed by atoms with Crippen LogP contribution in [0.1, 0.15) is 36.5 Å². The fraction of sp³-hybridized carbons (Fsp3) is 0.333. The van der Waals surface area contributed by atoms with Crippen molar-refractivity contribution < 1.29 is 9.66 Å². The number of hydrogen-bond donors (Lipinski definition) is 0. The average molecular weight is 331 g/mol. The molecule has 23 heavy (non-hydrogen) atoms. The van der Waals surface area contributed by atoms with Crippen LogP contribution in [-0.4, -0.2) is 12.0 Å². The van der Waals surface area contributed by atoms with Gasteiger partial charge in [0.15, 0.2) is 0 Å². The van der Waals surface area contributed by atoms with Gasteiger partial charge in [-0.05, 0) is 54.7 Å². The van der Waals surface area contributed by atoms with E-state index < -0.39 is 0 Å². The van der Waals surface area contributed by atoms with E-state index in [9.17, 15) is 10.1 Å². The summed E-state index contributed by atoms with van der Waals surface area (Å²) in [5.74, 6) is 1.26. The molecule has 0 aromatic heterocycles. The van der Waals surface area contributed by atoms with Gasteiger partial charge in [-0.25, -0.2) is 0 Å². The maximum Gasteiger partial charge on any atom is 0.270 e. The lowest BCUT2D eigenvalue weighted by molar-refractivity contribution is -0.385. The van der Waals surface area contributed by atoms with Gasteiger partial charge in [-0.15, -0.1) is 0 Å². The molecular weight excluding hydrogens is 310 g/mol. The molecule has 0 amide bonds. The zero-order valence-corrected chi connectivity index (χ0v) is 14.9. The summed E-state index contributed by atoms with van der Waals surface area (Å²) in [6, 6.07) is 9.39. The molecule has 0 saturated carbocycles. The predicted octanol–water partition coefficient (Wildman–Crippen LogP) is 5.49. The summed E-state index contributed by atoms with van der Waals surface area (Å²) in [4.78, 5) is 12.8. The molecule has 122 valence electrons. The lowest BCUT2D eigenvalue weighted by Gasteiger charge is -2.15. The van der Waals surface area contributed by atoms with Crippen LogP contribution in [0.2, 0.25) is 0 Å². The van der Waals surface area contributed by atoms with Gasteiger partial charge in [0.25, 0.3) is 5.69 Å². The van der Waals surface area contributed by atoms with Crippen LogP contribution in [0.5, 0.6) is 5.75 Å². The number of nitrogens with zero attached hydrogens (tertiary/aromatic N) is 1. The molecule has 0 N–H and O–H groups in total. The van der Waals surface area contributed by atoms with E-state index in [4.69, 9.17) is 4.74 Å². The maximum atomic E-state index is 10.9. The minimum absolute atomic E-state index is 0.141. The second kappa shape index (κ2) is 7.04. The van der Waals surface area contributed by atoms with E-state index in [1.54, 1.807) is 31.0 Å². The molecule has 0 bridgehead atoms. The lowest BCUT2D eigenvalue weighted by Crippen LogP contribution is -1.95. The number of non-ortho nitro benzene ring substituents is 1. The van der Waals surface area contributed by atoms with Crippen molar-refractivity contribution >= 4 is 17.4 Å². The summed E-state index contributed by atoms with van der Waals surface area (Å²) in [6.07, 6.45) is 0. The van der Waals surface area contributed by atoms with Gasteiger partial charge in [0.05, 0.1) is 12.0 Å². The molecule has 0 aliphatic carbocycles. The fourth-order valence-electron chi connectivity index (χ4n) is 2.54. The van der Waals surface area contributed by atoms with Crippen molar-refractivity contribution in [3.8, 4) is 5.75 Å². The molecule has 0 atom stereocenters. The molecule has 0 spiro atoms. The Bertz CT molecular complexity index is 718. The Hall–Kier alpha value is -2.01. The zero-order valence-electron chi connectivity index (χ0n) is 14.0. The van der Waals surface area contributed by atoms with Gasteiger partial charge in [0.2, 0.25) is 0 Å². The van der Waals surface area contributed by atoms with Crippen LogP contribution in [0, 0.1) is 24.0 Å². The van der Waals surface area contributed by atoms with Crippen LogP contribution in [0.25, 0.3) is 0 Å². The number of hydrogen-bond acceptors (Lipinski definition) is 4. The Kier molecular flexibility index (Phi) is 5.31. The number of nitro benzene ring substituents is 1. The van der Waals surface area contributed by atoms with Crippen LogP contribution in [0.3, 0.4) is 0 Å². The van der Waals surface area contributed by atoms with E-state index >= 15 is 0 Å². The molecule has 4 nitrogen and oxygen atoms in total. The SMILES string of the molecule is COc1ccc(Sc2c(C)cc([N+](=O)[O-])cc2C)cc1C(C)C. The third-order valence-corrected chi connectivity index (χ3v) is 5.04. The molecule has 5 heteroatoms. The molecule has 2 aromatic carbocycles. The summed E-state index contributed by atoms with van der Waals surface area (Å²) in [5.41, 5.74) is 3.14. The van der Waals surface area contributed by atoms with E-state index in [0.717, 1.165) is 32.2 Å². The van der Waals surface area contributed by atoms with Crippen LogP contribution in [0.15, 0.2) is 40.1 Å². The van der Waals surface area contributed by atoms with Crippen molar-refractivity contribution in [1.29, 1.82) is 0 Å². The molecule has 0 saturated heterocycles. The molecule has 0 aliphatic heterocycles. The first-order valence-corrected chi connectivity index (χ1v) is 8.26. The minimum Gasteiger partial charge on any atom is -0.496 e. The van der Waals surface area contributed by atoms with Gasteiger partial charge in [-0.3, -0.25) is 10.1 Å². The lowest BCUT2D eigenvalue weighted by atomic mass is 10.0. The van der Waals surface area contributed by atoms with Crippen molar-refractivity contribution in [3.63, 3.8) is 0 Å². The molecule has 0 radical (unpaired) electrons. The van der Waals surface area contributed by atoms with E-state index in [-0.39, 0.29) is 10.6 Å². The van der Waals surface area contributed by atoms with Gasteiger partial charge in [0, 0.05) is 21.9 Å². The van der Waals surface area contributed by atoms with Crippen LogP contribution < -0.4 is 4.74 Å². The molecule has 0 aliphatic rings. The van der Waals surface area contributed by atoms with Gasteiger partial charge in [-0.2, -0.15) is 0 Å². The summed E-state index contributed by atoms with van der Waals surface area (Å²) in [5, 5.41) is 10.9. The summed E-state index contributed by atoms with van der Waals surface area (Å²) < 4.78 is 5.42. The number of ether oxygens (including phenoxy) is 1. The second-order valence-corrected chi connectivity index (χ2v) is 6.91. The number of rotatable bonds is 5. The third-order valence-electron chi connectivity index (χ3n) is 3.70. The largest absolute Gasteiger partial charge is 0.496 e. The highest BCUT2D eigenvalue weighted by Gasteiger charge is 2.14. The van der Waals surface area contributed by atoms with Crippen LogP contribution in [0.4, 0.5) is 5.69 Å². The third kappa shape index (κ3) is 3.85. The van der Waals surface area contributed by atoms with Gasteiger partial charge < -0.3 is 4.74 Å². The predicted molar refractivity (Wildman–Crippen MR) is 93.8 cm³/mol. The van der Waals surface area contributed by atoms with Crippen molar-refractivity contribution in [1.82, 2.24) is 0 Å². The fourth-order valence-corrected chi connectivity index (χ4v) is 3.54. The summed E-state index contributed by atoms with van der Waals surface area (Å²) >= 11 is 1.63. The molecule has 0 fully saturated rings. The van der Waals surface area contributed by atoms with Gasteiger partial charge >= 0.3 is 0 Å². The summed E-state index contributed by atoms with van der Waals surface area (Å²) in [7, 11) is 1.68. The first-order chi connectivity index (χ1) is 10.8. The molecule has 0 unspecified atom stereocenters. The standard InChI is InChI=1S/C18H21NO3S/c1-11(2)16-10-15(6-7-17(16)22-5)23-18-12(3)8-14(19(20)21)9-13(18)4/h6-11H,1-5H3. The van der Waals surface area contributed by atoms with E-state index in [2.05, 4.69) is 19.9 Å². The van der Waals surface area contributed by atoms with Crippen molar-refractivity contribution in [2.45, 2.75) is 43.4 Å². The van der Waals surface area contributed by atoms with Crippen LogP contribution in [-0.2, 0) is 0 Å². The number of methoxy groups -OCH3 is 1. The smallest absolute Gasteiger partial charge is 0.270 e. The Morgan fingerprint density at radius 3 is 2.22 bits per heavy atom. The maximum absolute atomic E-state index is 10.9. The van der Waals surface area contributed by atoms with Crippen molar-refractivity contribution in [2.75, 3.05) is 7.11 Å². The van der Waals surface area contributed by atoms with Gasteiger partial charge in [0.1, 0.15) is 5.75 Å².